The van der Waals surface area contributed by atoms with Gasteiger partial charge in [0.05, 0.1) is 13.2 Å². The zero-order valence-electron chi connectivity index (χ0n) is 17.9. The SMILES string of the molecule is CC(C)(CCC(C)(C)N1CCC2(CC1)COC2)N1CCC2(CCC2)CC1. The Hall–Kier alpha value is -0.120. The molecule has 1 aliphatic carbocycles. The van der Waals surface area contributed by atoms with Crippen molar-refractivity contribution in [2.75, 3.05) is 39.4 Å². The zero-order valence-corrected chi connectivity index (χ0v) is 17.9. The maximum atomic E-state index is 5.50. The number of piperidine rings is 2. The monoisotopic (exact) mass is 362 g/mol. The minimum atomic E-state index is 0.328. The van der Waals surface area contributed by atoms with E-state index in [1.165, 1.54) is 84.0 Å². The Bertz CT molecular complexity index is 438. The molecular formula is C23H42N2O. The van der Waals surface area contributed by atoms with Gasteiger partial charge in [-0.2, -0.15) is 0 Å². The van der Waals surface area contributed by atoms with Crippen LogP contribution in [0.1, 0.15) is 85.5 Å². The molecule has 2 spiro atoms. The van der Waals surface area contributed by atoms with Crippen molar-refractivity contribution in [2.24, 2.45) is 10.8 Å². The van der Waals surface area contributed by atoms with Crippen LogP contribution in [0.3, 0.4) is 0 Å². The van der Waals surface area contributed by atoms with Gasteiger partial charge >= 0.3 is 0 Å². The van der Waals surface area contributed by atoms with Gasteiger partial charge in [0, 0.05) is 16.5 Å². The molecule has 0 aromatic heterocycles. The van der Waals surface area contributed by atoms with Crippen LogP contribution in [0.4, 0.5) is 0 Å². The fourth-order valence-electron chi connectivity index (χ4n) is 5.96. The maximum Gasteiger partial charge on any atom is 0.0545 e. The lowest BCUT2D eigenvalue weighted by atomic mass is 9.63. The van der Waals surface area contributed by atoms with Gasteiger partial charge in [0.1, 0.15) is 0 Å². The molecule has 3 heteroatoms. The highest BCUT2D eigenvalue weighted by molar-refractivity contribution is 4.98. The average Bonchev–Trinajstić information content (AvgIpc) is 2.58. The molecule has 3 saturated heterocycles. The van der Waals surface area contributed by atoms with Crippen molar-refractivity contribution in [3.05, 3.63) is 0 Å². The minimum Gasteiger partial charge on any atom is -0.380 e. The smallest absolute Gasteiger partial charge is 0.0545 e. The summed E-state index contributed by atoms with van der Waals surface area (Å²) in [6.45, 7) is 17.2. The standard InChI is InChI=1S/C23H42N2O/c1-20(2,24-14-10-22(11-15-24)6-5-7-22)8-9-21(3,4)25-16-12-23(13-17-25)18-26-19-23/h5-19H2,1-4H3. The van der Waals surface area contributed by atoms with Gasteiger partial charge in [-0.3, -0.25) is 9.80 Å². The van der Waals surface area contributed by atoms with Crippen LogP contribution in [-0.4, -0.2) is 60.3 Å². The van der Waals surface area contributed by atoms with E-state index in [-0.39, 0.29) is 0 Å². The predicted octanol–water partition coefficient (Wildman–Crippen LogP) is 4.70. The van der Waals surface area contributed by atoms with Crippen molar-refractivity contribution in [1.29, 1.82) is 0 Å². The molecule has 3 heterocycles. The third-order valence-corrected chi connectivity index (χ3v) is 8.94. The van der Waals surface area contributed by atoms with Crippen molar-refractivity contribution in [1.82, 2.24) is 9.80 Å². The van der Waals surface area contributed by atoms with Gasteiger partial charge in [-0.15, -0.1) is 0 Å². The van der Waals surface area contributed by atoms with Crippen LogP contribution in [0.25, 0.3) is 0 Å². The van der Waals surface area contributed by atoms with E-state index in [1.54, 1.807) is 0 Å². The first-order chi connectivity index (χ1) is 12.2. The normalized spacial score (nSPS) is 29.5. The van der Waals surface area contributed by atoms with Crippen LogP contribution in [-0.2, 0) is 4.74 Å². The van der Waals surface area contributed by atoms with Crippen molar-refractivity contribution < 1.29 is 4.74 Å². The first kappa shape index (κ1) is 19.2. The van der Waals surface area contributed by atoms with Crippen molar-refractivity contribution in [3.8, 4) is 0 Å². The number of rotatable bonds is 5. The summed E-state index contributed by atoms with van der Waals surface area (Å²) in [6.07, 6.45) is 12.7. The van der Waals surface area contributed by atoms with Gasteiger partial charge in [0.25, 0.3) is 0 Å². The lowest BCUT2D eigenvalue weighted by molar-refractivity contribution is -0.147. The summed E-state index contributed by atoms with van der Waals surface area (Å²) < 4.78 is 5.50. The van der Waals surface area contributed by atoms with E-state index in [2.05, 4.69) is 37.5 Å². The second-order valence-corrected chi connectivity index (χ2v) is 11.4. The summed E-state index contributed by atoms with van der Waals surface area (Å²) in [5.41, 5.74) is 1.99. The molecule has 0 N–H and O–H groups in total. The molecule has 0 unspecified atom stereocenters. The average molecular weight is 363 g/mol. The van der Waals surface area contributed by atoms with Crippen molar-refractivity contribution >= 4 is 0 Å². The van der Waals surface area contributed by atoms with Crippen LogP contribution in [0.2, 0.25) is 0 Å². The molecule has 0 amide bonds. The first-order valence-electron chi connectivity index (χ1n) is 11.3. The first-order valence-corrected chi connectivity index (χ1v) is 11.3. The Kier molecular flexibility index (Phi) is 4.98. The summed E-state index contributed by atoms with van der Waals surface area (Å²) >= 11 is 0. The minimum absolute atomic E-state index is 0.328. The fraction of sp³-hybridized carbons (Fsp3) is 1.00. The molecule has 3 aliphatic heterocycles. The van der Waals surface area contributed by atoms with Crippen LogP contribution >= 0.6 is 0 Å². The van der Waals surface area contributed by atoms with Gasteiger partial charge in [0.2, 0.25) is 0 Å². The molecule has 0 atom stereocenters. The van der Waals surface area contributed by atoms with Crippen molar-refractivity contribution in [3.63, 3.8) is 0 Å². The highest BCUT2D eigenvalue weighted by Gasteiger charge is 2.45. The Morgan fingerprint density at radius 3 is 1.38 bits per heavy atom. The molecule has 0 radical (unpaired) electrons. The van der Waals surface area contributed by atoms with E-state index >= 15 is 0 Å². The predicted molar refractivity (Wildman–Crippen MR) is 109 cm³/mol. The van der Waals surface area contributed by atoms with Crippen molar-refractivity contribution in [2.45, 2.75) is 96.6 Å². The number of ether oxygens (including phenoxy) is 1. The number of hydrogen-bond acceptors (Lipinski definition) is 3. The Balaban J connectivity index is 1.26. The second-order valence-electron chi connectivity index (χ2n) is 11.4. The summed E-state index contributed by atoms with van der Waals surface area (Å²) in [6, 6.07) is 0. The number of hydrogen-bond donors (Lipinski definition) is 0. The highest BCUT2D eigenvalue weighted by atomic mass is 16.5. The quantitative estimate of drug-likeness (QED) is 0.705. The summed E-state index contributed by atoms with van der Waals surface area (Å²) in [4.78, 5) is 5.58. The lowest BCUT2D eigenvalue weighted by Crippen LogP contribution is -2.57. The molecule has 4 fully saturated rings. The van der Waals surface area contributed by atoms with Gasteiger partial charge < -0.3 is 4.74 Å². The molecule has 3 nitrogen and oxygen atoms in total. The van der Waals surface area contributed by atoms with E-state index in [4.69, 9.17) is 4.74 Å². The van der Waals surface area contributed by atoms with E-state index < -0.39 is 0 Å². The molecule has 4 aliphatic rings. The third kappa shape index (κ3) is 3.61. The Morgan fingerprint density at radius 1 is 0.654 bits per heavy atom. The summed E-state index contributed by atoms with van der Waals surface area (Å²) in [7, 11) is 0. The number of nitrogens with zero attached hydrogens (tertiary/aromatic N) is 2. The molecule has 0 aromatic carbocycles. The largest absolute Gasteiger partial charge is 0.380 e. The fourth-order valence-corrected chi connectivity index (χ4v) is 5.96. The topological polar surface area (TPSA) is 15.7 Å². The molecule has 4 rings (SSSR count). The highest BCUT2D eigenvalue weighted by Crippen LogP contribution is 2.50. The van der Waals surface area contributed by atoms with Crippen LogP contribution in [0.15, 0.2) is 0 Å². The van der Waals surface area contributed by atoms with Gasteiger partial charge in [-0.25, -0.2) is 0 Å². The molecule has 1 saturated carbocycles. The van der Waals surface area contributed by atoms with Gasteiger partial charge in [-0.1, -0.05) is 6.42 Å². The lowest BCUT2D eigenvalue weighted by Gasteiger charge is -2.53. The third-order valence-electron chi connectivity index (χ3n) is 8.94. The maximum absolute atomic E-state index is 5.50. The van der Waals surface area contributed by atoms with Crippen LogP contribution < -0.4 is 0 Å². The Morgan fingerprint density at radius 2 is 1.08 bits per heavy atom. The zero-order chi connectivity index (χ0) is 18.5. The molecular weight excluding hydrogens is 320 g/mol. The molecule has 150 valence electrons. The van der Waals surface area contributed by atoms with Gasteiger partial charge in [0.15, 0.2) is 0 Å². The van der Waals surface area contributed by atoms with E-state index in [9.17, 15) is 0 Å². The van der Waals surface area contributed by atoms with Crippen LogP contribution in [0.5, 0.6) is 0 Å². The van der Waals surface area contributed by atoms with E-state index in [0.29, 0.717) is 16.5 Å². The number of likely N-dealkylation sites (tertiary alicyclic amines) is 2. The van der Waals surface area contributed by atoms with Gasteiger partial charge in [-0.05, 0) is 111 Å². The molecule has 26 heavy (non-hydrogen) atoms. The summed E-state index contributed by atoms with van der Waals surface area (Å²) in [5.74, 6) is 0. The second kappa shape index (κ2) is 6.74. The van der Waals surface area contributed by atoms with E-state index in [0.717, 1.165) is 18.6 Å². The van der Waals surface area contributed by atoms with E-state index in [1.807, 2.05) is 0 Å². The molecule has 0 bridgehead atoms. The Labute approximate surface area is 161 Å². The van der Waals surface area contributed by atoms with Crippen LogP contribution in [0, 0.1) is 10.8 Å². The molecule has 0 aromatic rings. The summed E-state index contributed by atoms with van der Waals surface area (Å²) in [5, 5.41) is 0.